The van der Waals surface area contributed by atoms with Crippen molar-refractivity contribution >= 4 is 17.2 Å². The molecule has 0 spiro atoms. The Hall–Kier alpha value is -1.15. The topological polar surface area (TPSA) is 62.2 Å². The van der Waals surface area contributed by atoms with Crippen molar-refractivity contribution in [3.05, 3.63) is 16.1 Å². The van der Waals surface area contributed by atoms with Crippen LogP contribution < -0.4 is 5.32 Å². The van der Waals surface area contributed by atoms with Gasteiger partial charge >= 0.3 is 6.18 Å². The van der Waals surface area contributed by atoms with Gasteiger partial charge in [-0.2, -0.15) is 13.2 Å². The molecule has 1 aromatic rings. The molecule has 4 nitrogen and oxygen atoms in total. The van der Waals surface area contributed by atoms with Crippen molar-refractivity contribution in [2.24, 2.45) is 0 Å². The molecule has 1 saturated carbocycles. The highest BCUT2D eigenvalue weighted by atomic mass is 32.1. The van der Waals surface area contributed by atoms with Crippen molar-refractivity contribution < 1.29 is 23.1 Å². The summed E-state index contributed by atoms with van der Waals surface area (Å²) in [5.74, 6) is -0.534. The summed E-state index contributed by atoms with van der Waals surface area (Å²) in [6, 6.07) is 0. The molecular weight excluding hydrogens is 281 g/mol. The van der Waals surface area contributed by atoms with Crippen molar-refractivity contribution in [2.45, 2.75) is 44.0 Å². The van der Waals surface area contributed by atoms with E-state index in [0.717, 1.165) is 29.6 Å². The van der Waals surface area contributed by atoms with Crippen LogP contribution in [-0.2, 0) is 17.5 Å². The van der Waals surface area contributed by atoms with Gasteiger partial charge in [0.2, 0.25) is 0 Å². The molecule has 1 fully saturated rings. The Morgan fingerprint density at radius 1 is 1.47 bits per heavy atom. The fourth-order valence-corrected chi connectivity index (χ4v) is 2.77. The second-order valence-corrected chi connectivity index (χ2v) is 5.49. The van der Waals surface area contributed by atoms with Gasteiger partial charge in [0.1, 0.15) is 10.6 Å². The van der Waals surface area contributed by atoms with E-state index in [4.69, 9.17) is 0 Å². The average Bonchev–Trinajstić information content (AvgIpc) is 2.94. The minimum absolute atomic E-state index is 0.0953. The summed E-state index contributed by atoms with van der Waals surface area (Å²) in [5.41, 5.74) is -2.33. The first-order chi connectivity index (χ1) is 8.81. The summed E-state index contributed by atoms with van der Waals surface area (Å²) in [6.45, 7) is -0.0953. The van der Waals surface area contributed by atoms with Gasteiger partial charge in [-0.05, 0) is 25.7 Å². The van der Waals surface area contributed by atoms with E-state index < -0.39 is 23.4 Å². The van der Waals surface area contributed by atoms with Crippen molar-refractivity contribution in [1.29, 1.82) is 0 Å². The molecule has 0 unspecified atom stereocenters. The zero-order chi connectivity index (χ0) is 14.1. The van der Waals surface area contributed by atoms with Gasteiger partial charge < -0.3 is 10.4 Å². The third kappa shape index (κ3) is 3.24. The molecule has 0 aromatic carbocycles. The molecule has 2 N–H and O–H groups in total. The van der Waals surface area contributed by atoms with Crippen molar-refractivity contribution in [1.82, 2.24) is 10.3 Å². The molecule has 19 heavy (non-hydrogen) atoms. The van der Waals surface area contributed by atoms with E-state index in [1.807, 2.05) is 0 Å². The van der Waals surface area contributed by atoms with Crippen molar-refractivity contribution in [3.63, 3.8) is 0 Å². The Balaban J connectivity index is 1.92. The van der Waals surface area contributed by atoms with Crippen LogP contribution in [0.2, 0.25) is 0 Å². The number of halogens is 3. The molecule has 1 heterocycles. The van der Waals surface area contributed by atoms with Gasteiger partial charge in [-0.1, -0.05) is 0 Å². The number of nitrogens with one attached hydrogen (secondary N) is 1. The van der Waals surface area contributed by atoms with Crippen LogP contribution in [0.5, 0.6) is 0 Å². The number of amides is 1. The first kappa shape index (κ1) is 14.3. The second kappa shape index (κ2) is 5.09. The highest BCUT2D eigenvalue weighted by Crippen LogP contribution is 2.31. The SMILES string of the molecule is O=C(NCc1nc(C(F)(F)F)cs1)C1(O)CCCC1. The minimum Gasteiger partial charge on any atom is -0.380 e. The number of carbonyl (C=O) groups is 1. The van der Waals surface area contributed by atoms with Gasteiger partial charge in [0.25, 0.3) is 5.91 Å². The summed E-state index contributed by atoms with van der Waals surface area (Å²) in [7, 11) is 0. The lowest BCUT2D eigenvalue weighted by molar-refractivity contribution is -0.140. The number of alkyl halides is 3. The Bertz CT molecular complexity index is 467. The number of hydrogen-bond acceptors (Lipinski definition) is 4. The lowest BCUT2D eigenvalue weighted by atomic mass is 10.0. The molecule has 1 aliphatic rings. The fourth-order valence-electron chi connectivity index (χ4n) is 2.03. The maximum atomic E-state index is 12.3. The van der Waals surface area contributed by atoms with E-state index in [1.165, 1.54) is 0 Å². The molecule has 0 bridgehead atoms. The van der Waals surface area contributed by atoms with Crippen molar-refractivity contribution in [3.8, 4) is 0 Å². The van der Waals surface area contributed by atoms with Gasteiger partial charge in [-0.15, -0.1) is 11.3 Å². The molecule has 0 radical (unpaired) electrons. The molecule has 8 heteroatoms. The van der Waals surface area contributed by atoms with Gasteiger partial charge in [-0.3, -0.25) is 4.79 Å². The van der Waals surface area contributed by atoms with Crippen LogP contribution in [-0.4, -0.2) is 21.6 Å². The lowest BCUT2D eigenvalue weighted by Crippen LogP contribution is -2.44. The average molecular weight is 294 g/mol. The van der Waals surface area contributed by atoms with Gasteiger partial charge in [0.05, 0.1) is 6.54 Å². The van der Waals surface area contributed by atoms with Crippen molar-refractivity contribution in [2.75, 3.05) is 0 Å². The maximum absolute atomic E-state index is 12.3. The predicted octanol–water partition coefficient (Wildman–Crippen LogP) is 2.08. The first-order valence-corrected chi connectivity index (χ1v) is 6.71. The molecule has 1 amide bonds. The number of carbonyl (C=O) groups excluding carboxylic acids is 1. The summed E-state index contributed by atoms with van der Waals surface area (Å²) >= 11 is 0.832. The quantitative estimate of drug-likeness (QED) is 0.897. The molecular formula is C11H13F3N2O2S. The number of aliphatic hydroxyl groups is 1. The Morgan fingerprint density at radius 2 is 2.11 bits per heavy atom. The lowest BCUT2D eigenvalue weighted by Gasteiger charge is -2.20. The van der Waals surface area contributed by atoms with Crippen LogP contribution in [0.15, 0.2) is 5.38 Å². The predicted molar refractivity (Wildman–Crippen MR) is 62.4 cm³/mol. The third-order valence-electron chi connectivity index (χ3n) is 3.10. The van der Waals surface area contributed by atoms with Crippen LogP contribution in [0.4, 0.5) is 13.2 Å². The molecule has 0 saturated heterocycles. The van der Waals surface area contributed by atoms with E-state index >= 15 is 0 Å². The monoisotopic (exact) mass is 294 g/mol. The number of aromatic nitrogens is 1. The Morgan fingerprint density at radius 3 is 2.63 bits per heavy atom. The van der Waals surface area contributed by atoms with Crippen LogP contribution in [0.3, 0.4) is 0 Å². The van der Waals surface area contributed by atoms with E-state index in [9.17, 15) is 23.1 Å². The molecule has 0 aliphatic heterocycles. The normalized spacial score (nSPS) is 18.5. The number of rotatable bonds is 3. The highest BCUT2D eigenvalue weighted by molar-refractivity contribution is 7.09. The number of hydrogen-bond donors (Lipinski definition) is 2. The van der Waals surface area contributed by atoms with Gasteiger partial charge in [0, 0.05) is 5.38 Å². The van der Waals surface area contributed by atoms with E-state index in [0.29, 0.717) is 12.8 Å². The minimum atomic E-state index is -4.47. The van der Waals surface area contributed by atoms with Crippen LogP contribution >= 0.6 is 11.3 Å². The Labute approximate surface area is 111 Å². The first-order valence-electron chi connectivity index (χ1n) is 5.83. The zero-order valence-corrected chi connectivity index (χ0v) is 10.8. The molecule has 1 aromatic heterocycles. The summed E-state index contributed by atoms with van der Waals surface area (Å²) in [4.78, 5) is 15.1. The second-order valence-electron chi connectivity index (χ2n) is 4.55. The van der Waals surface area contributed by atoms with Gasteiger partial charge in [0.15, 0.2) is 5.69 Å². The molecule has 0 atom stereocenters. The van der Waals surface area contributed by atoms with E-state index in [-0.39, 0.29) is 11.6 Å². The summed E-state index contributed by atoms with van der Waals surface area (Å²) in [6.07, 6.45) is -2.13. The number of nitrogens with zero attached hydrogens (tertiary/aromatic N) is 1. The van der Waals surface area contributed by atoms with E-state index in [2.05, 4.69) is 10.3 Å². The third-order valence-corrected chi connectivity index (χ3v) is 3.94. The standard InChI is InChI=1S/C11H13F3N2O2S/c12-11(13,14)7-6-19-8(16-7)5-15-9(17)10(18)3-1-2-4-10/h6,18H,1-5H2,(H,15,17). The number of thiazole rings is 1. The van der Waals surface area contributed by atoms with Gasteiger partial charge in [-0.25, -0.2) is 4.98 Å². The largest absolute Gasteiger partial charge is 0.434 e. The molecule has 106 valence electrons. The fraction of sp³-hybridized carbons (Fsp3) is 0.636. The highest BCUT2D eigenvalue weighted by Gasteiger charge is 2.39. The van der Waals surface area contributed by atoms with Crippen LogP contribution in [0.25, 0.3) is 0 Å². The molecule has 2 rings (SSSR count). The van der Waals surface area contributed by atoms with Crippen LogP contribution in [0, 0.1) is 0 Å². The Kier molecular flexibility index (Phi) is 3.82. The smallest absolute Gasteiger partial charge is 0.380 e. The molecule has 1 aliphatic carbocycles. The van der Waals surface area contributed by atoms with E-state index in [1.54, 1.807) is 0 Å². The maximum Gasteiger partial charge on any atom is 0.434 e. The van der Waals surface area contributed by atoms with Crippen LogP contribution in [0.1, 0.15) is 36.4 Å². The summed E-state index contributed by atoms with van der Waals surface area (Å²) < 4.78 is 37.0. The summed E-state index contributed by atoms with van der Waals surface area (Å²) in [5, 5.41) is 13.5. The zero-order valence-electron chi connectivity index (χ0n) is 9.96.